The highest BCUT2D eigenvalue weighted by Crippen LogP contribution is 2.17. The summed E-state index contributed by atoms with van der Waals surface area (Å²) < 4.78 is 0. The summed E-state index contributed by atoms with van der Waals surface area (Å²) in [4.78, 5) is 28.3. The Morgan fingerprint density at radius 3 is 2.37 bits per heavy atom. The first-order valence-electron chi connectivity index (χ1n) is 7.24. The summed E-state index contributed by atoms with van der Waals surface area (Å²) in [6, 6.07) is 0.318. The molecule has 110 valence electrons. The molecule has 1 atom stereocenters. The highest BCUT2D eigenvalue weighted by atomic mass is 16.7. The minimum atomic E-state index is -0.314. The standard InChI is InChI=1S/C14H26N2O3/c1-10(2)14(18)16-19-11(3)9-13(17)15-12-7-5-4-6-8-12/h10-12H,4-9H2,1-3H3,(H,15,17)(H,16,18)/t11-/m1/s1. The van der Waals surface area contributed by atoms with Gasteiger partial charge in [0.25, 0.3) is 0 Å². The largest absolute Gasteiger partial charge is 0.353 e. The molecule has 0 spiro atoms. The SMILES string of the molecule is CC(C)C(=O)NO[C@H](C)CC(=O)NC1CCCCC1. The summed E-state index contributed by atoms with van der Waals surface area (Å²) in [5.74, 6) is -0.291. The first kappa shape index (κ1) is 16.0. The van der Waals surface area contributed by atoms with Crippen molar-refractivity contribution in [3.8, 4) is 0 Å². The molecule has 0 heterocycles. The normalized spacial score (nSPS) is 18.1. The van der Waals surface area contributed by atoms with Crippen molar-refractivity contribution in [3.05, 3.63) is 0 Å². The first-order chi connectivity index (χ1) is 8.99. The van der Waals surface area contributed by atoms with Crippen molar-refractivity contribution in [1.29, 1.82) is 0 Å². The van der Waals surface area contributed by atoms with E-state index in [9.17, 15) is 9.59 Å². The molecule has 1 fully saturated rings. The summed E-state index contributed by atoms with van der Waals surface area (Å²) >= 11 is 0. The number of nitrogens with one attached hydrogen (secondary N) is 2. The van der Waals surface area contributed by atoms with Crippen LogP contribution in [0.15, 0.2) is 0 Å². The fourth-order valence-electron chi connectivity index (χ4n) is 2.11. The van der Waals surface area contributed by atoms with Gasteiger partial charge in [0.15, 0.2) is 0 Å². The summed E-state index contributed by atoms with van der Waals surface area (Å²) in [5, 5.41) is 3.03. The maximum absolute atomic E-state index is 11.8. The number of amides is 2. The summed E-state index contributed by atoms with van der Waals surface area (Å²) in [5.41, 5.74) is 2.37. The van der Waals surface area contributed by atoms with Gasteiger partial charge in [-0.15, -0.1) is 0 Å². The van der Waals surface area contributed by atoms with Crippen molar-refractivity contribution in [2.45, 2.75) is 71.4 Å². The Morgan fingerprint density at radius 2 is 1.79 bits per heavy atom. The molecule has 0 aromatic carbocycles. The fourth-order valence-corrected chi connectivity index (χ4v) is 2.11. The first-order valence-corrected chi connectivity index (χ1v) is 7.24. The Kier molecular flexibility index (Phi) is 6.84. The van der Waals surface area contributed by atoms with Gasteiger partial charge in [0.05, 0.1) is 12.5 Å². The van der Waals surface area contributed by atoms with Crippen LogP contribution in [-0.2, 0) is 14.4 Å². The number of hydrogen-bond donors (Lipinski definition) is 2. The van der Waals surface area contributed by atoms with Gasteiger partial charge in [-0.1, -0.05) is 33.1 Å². The zero-order chi connectivity index (χ0) is 14.3. The second-order valence-corrected chi connectivity index (χ2v) is 5.66. The Balaban J connectivity index is 2.18. The number of carbonyl (C=O) groups excluding carboxylic acids is 2. The number of hydroxylamine groups is 1. The lowest BCUT2D eigenvalue weighted by Crippen LogP contribution is -2.39. The molecule has 1 saturated carbocycles. The maximum atomic E-state index is 11.8. The number of hydrogen-bond acceptors (Lipinski definition) is 3. The molecular formula is C14H26N2O3. The van der Waals surface area contributed by atoms with Crippen LogP contribution in [0.1, 0.15) is 59.3 Å². The topological polar surface area (TPSA) is 67.4 Å². The van der Waals surface area contributed by atoms with Gasteiger partial charge in [-0.25, -0.2) is 5.48 Å². The molecule has 0 radical (unpaired) electrons. The molecule has 0 aromatic rings. The molecule has 1 rings (SSSR count). The molecule has 0 saturated heterocycles. The van der Waals surface area contributed by atoms with Gasteiger partial charge < -0.3 is 5.32 Å². The van der Waals surface area contributed by atoms with Crippen LogP contribution in [0, 0.1) is 5.92 Å². The van der Waals surface area contributed by atoms with E-state index < -0.39 is 0 Å². The molecule has 1 aliphatic carbocycles. The van der Waals surface area contributed by atoms with E-state index in [1.54, 1.807) is 20.8 Å². The van der Waals surface area contributed by atoms with Crippen molar-refractivity contribution in [2.24, 2.45) is 5.92 Å². The van der Waals surface area contributed by atoms with Crippen LogP contribution in [0.2, 0.25) is 0 Å². The van der Waals surface area contributed by atoms with E-state index in [2.05, 4.69) is 10.8 Å². The molecule has 5 heteroatoms. The van der Waals surface area contributed by atoms with Gasteiger partial charge in [0.2, 0.25) is 11.8 Å². The van der Waals surface area contributed by atoms with Gasteiger partial charge in [-0.2, -0.15) is 0 Å². The zero-order valence-corrected chi connectivity index (χ0v) is 12.2. The third-order valence-electron chi connectivity index (χ3n) is 3.33. The molecule has 2 amide bonds. The van der Waals surface area contributed by atoms with Crippen LogP contribution < -0.4 is 10.8 Å². The zero-order valence-electron chi connectivity index (χ0n) is 12.2. The molecule has 2 N–H and O–H groups in total. The minimum absolute atomic E-state index is 0.00167. The van der Waals surface area contributed by atoms with Crippen LogP contribution >= 0.6 is 0 Å². The van der Waals surface area contributed by atoms with Crippen molar-refractivity contribution in [1.82, 2.24) is 10.8 Å². The molecule has 0 unspecified atom stereocenters. The van der Waals surface area contributed by atoms with Crippen molar-refractivity contribution < 1.29 is 14.4 Å². The van der Waals surface area contributed by atoms with Gasteiger partial charge in [-0.05, 0) is 19.8 Å². The maximum Gasteiger partial charge on any atom is 0.246 e. The van der Waals surface area contributed by atoms with E-state index in [1.165, 1.54) is 19.3 Å². The predicted molar refractivity (Wildman–Crippen MR) is 73.2 cm³/mol. The third-order valence-corrected chi connectivity index (χ3v) is 3.33. The van der Waals surface area contributed by atoms with Gasteiger partial charge in [-0.3, -0.25) is 14.4 Å². The summed E-state index contributed by atoms with van der Waals surface area (Å²) in [7, 11) is 0. The van der Waals surface area contributed by atoms with E-state index in [-0.39, 0.29) is 30.3 Å². The summed E-state index contributed by atoms with van der Waals surface area (Å²) in [6.07, 6.45) is 5.77. The fraction of sp³-hybridized carbons (Fsp3) is 0.857. The molecule has 0 aliphatic heterocycles. The number of rotatable bonds is 6. The highest BCUT2D eigenvalue weighted by molar-refractivity contribution is 5.77. The van der Waals surface area contributed by atoms with E-state index in [4.69, 9.17) is 4.84 Å². The smallest absolute Gasteiger partial charge is 0.246 e. The molecule has 0 bridgehead atoms. The second kappa shape index (κ2) is 8.15. The van der Waals surface area contributed by atoms with Gasteiger partial charge >= 0.3 is 0 Å². The van der Waals surface area contributed by atoms with Crippen LogP contribution in [-0.4, -0.2) is 24.0 Å². The monoisotopic (exact) mass is 270 g/mol. The van der Waals surface area contributed by atoms with Crippen LogP contribution in [0.4, 0.5) is 0 Å². The minimum Gasteiger partial charge on any atom is -0.353 e. The molecule has 5 nitrogen and oxygen atoms in total. The molecular weight excluding hydrogens is 244 g/mol. The quantitative estimate of drug-likeness (QED) is 0.725. The Hall–Kier alpha value is -1.10. The van der Waals surface area contributed by atoms with Gasteiger partial charge in [0, 0.05) is 12.0 Å². The average Bonchev–Trinajstić information content (AvgIpc) is 2.36. The molecule has 1 aliphatic rings. The summed E-state index contributed by atoms with van der Waals surface area (Å²) in [6.45, 7) is 5.36. The van der Waals surface area contributed by atoms with E-state index in [0.29, 0.717) is 6.04 Å². The van der Waals surface area contributed by atoms with Crippen molar-refractivity contribution in [3.63, 3.8) is 0 Å². The van der Waals surface area contributed by atoms with Crippen LogP contribution in [0.3, 0.4) is 0 Å². The van der Waals surface area contributed by atoms with E-state index in [0.717, 1.165) is 12.8 Å². The lowest BCUT2D eigenvalue weighted by Gasteiger charge is -2.23. The Morgan fingerprint density at radius 1 is 1.16 bits per heavy atom. The predicted octanol–water partition coefficient (Wildman–Crippen LogP) is 1.92. The third kappa shape index (κ3) is 6.57. The Bertz CT molecular complexity index is 299. The van der Waals surface area contributed by atoms with E-state index >= 15 is 0 Å². The highest BCUT2D eigenvalue weighted by Gasteiger charge is 2.18. The molecule has 19 heavy (non-hydrogen) atoms. The Labute approximate surface area is 115 Å². The number of carbonyl (C=O) groups is 2. The van der Waals surface area contributed by atoms with Crippen LogP contribution in [0.5, 0.6) is 0 Å². The van der Waals surface area contributed by atoms with Crippen molar-refractivity contribution in [2.75, 3.05) is 0 Å². The molecule has 0 aromatic heterocycles. The average molecular weight is 270 g/mol. The van der Waals surface area contributed by atoms with Gasteiger partial charge in [0.1, 0.15) is 0 Å². The van der Waals surface area contributed by atoms with Crippen LogP contribution in [0.25, 0.3) is 0 Å². The van der Waals surface area contributed by atoms with E-state index in [1.807, 2.05) is 0 Å². The lowest BCUT2D eigenvalue weighted by atomic mass is 9.95. The lowest BCUT2D eigenvalue weighted by molar-refractivity contribution is -0.143. The van der Waals surface area contributed by atoms with Crippen molar-refractivity contribution >= 4 is 11.8 Å². The second-order valence-electron chi connectivity index (χ2n) is 5.66.